The first-order valence-electron chi connectivity index (χ1n) is 6.82. The smallest absolute Gasteiger partial charge is 0.251 e. The predicted octanol–water partition coefficient (Wildman–Crippen LogP) is 3.65. The van der Waals surface area contributed by atoms with Crippen LogP contribution in [0, 0.1) is 3.57 Å². The summed E-state index contributed by atoms with van der Waals surface area (Å²) in [5, 5.41) is 11.5. The molecule has 0 atom stereocenters. The van der Waals surface area contributed by atoms with E-state index in [-0.39, 0.29) is 5.91 Å². The number of hydrogen-bond acceptors (Lipinski definition) is 3. The van der Waals surface area contributed by atoms with E-state index in [0.29, 0.717) is 18.7 Å². The summed E-state index contributed by atoms with van der Waals surface area (Å²) >= 11 is 3.88. The topological polar surface area (TPSA) is 46.9 Å². The van der Waals surface area contributed by atoms with Crippen molar-refractivity contribution in [3.8, 4) is 11.3 Å². The lowest BCUT2D eigenvalue weighted by Crippen LogP contribution is -2.27. The van der Waals surface area contributed by atoms with Gasteiger partial charge >= 0.3 is 0 Å². The van der Waals surface area contributed by atoms with Gasteiger partial charge in [0.15, 0.2) is 0 Å². The summed E-state index contributed by atoms with van der Waals surface area (Å²) in [6.07, 6.45) is 1.93. The summed E-state index contributed by atoms with van der Waals surface area (Å²) in [7, 11) is 0. The molecule has 0 spiro atoms. The lowest BCUT2D eigenvalue weighted by Gasteiger charge is -2.05. The monoisotopic (exact) mass is 423 g/mol. The summed E-state index contributed by atoms with van der Waals surface area (Å²) in [4.78, 5) is 12.0. The van der Waals surface area contributed by atoms with Crippen molar-refractivity contribution in [1.82, 2.24) is 15.1 Å². The van der Waals surface area contributed by atoms with Gasteiger partial charge in [-0.3, -0.25) is 9.48 Å². The molecule has 0 aliphatic rings. The van der Waals surface area contributed by atoms with Crippen molar-refractivity contribution in [3.63, 3.8) is 0 Å². The number of benzene rings is 1. The second kappa shape index (κ2) is 7.06. The van der Waals surface area contributed by atoms with Crippen molar-refractivity contribution in [2.75, 3.05) is 6.54 Å². The second-order valence-corrected chi connectivity index (χ2v) is 6.76. The minimum absolute atomic E-state index is 0.0541. The van der Waals surface area contributed by atoms with Crippen molar-refractivity contribution in [2.24, 2.45) is 0 Å². The van der Waals surface area contributed by atoms with E-state index in [9.17, 15) is 4.79 Å². The van der Waals surface area contributed by atoms with Gasteiger partial charge in [0.2, 0.25) is 0 Å². The first-order chi connectivity index (χ1) is 10.7. The molecule has 0 aliphatic carbocycles. The highest BCUT2D eigenvalue weighted by Gasteiger charge is 2.05. The largest absolute Gasteiger partial charge is 0.350 e. The van der Waals surface area contributed by atoms with Gasteiger partial charge in [0.05, 0.1) is 12.2 Å². The van der Waals surface area contributed by atoms with E-state index in [1.54, 1.807) is 11.3 Å². The van der Waals surface area contributed by atoms with Crippen molar-refractivity contribution < 1.29 is 4.79 Å². The molecule has 0 radical (unpaired) electrons. The molecule has 0 saturated carbocycles. The van der Waals surface area contributed by atoms with Gasteiger partial charge < -0.3 is 5.32 Å². The van der Waals surface area contributed by atoms with Crippen LogP contribution >= 0.6 is 33.9 Å². The van der Waals surface area contributed by atoms with Crippen molar-refractivity contribution >= 4 is 39.8 Å². The van der Waals surface area contributed by atoms with E-state index in [1.165, 1.54) is 0 Å². The Morgan fingerprint density at radius 1 is 1.23 bits per heavy atom. The maximum absolute atomic E-state index is 12.0. The van der Waals surface area contributed by atoms with Gasteiger partial charge in [-0.2, -0.15) is 16.4 Å². The van der Waals surface area contributed by atoms with Crippen LogP contribution < -0.4 is 5.32 Å². The molecule has 0 saturated heterocycles. The number of hydrogen-bond donors (Lipinski definition) is 1. The van der Waals surface area contributed by atoms with Crippen molar-refractivity contribution in [2.45, 2.75) is 6.54 Å². The highest BCUT2D eigenvalue weighted by Crippen LogP contribution is 2.19. The molecule has 2 heterocycles. The number of nitrogens with one attached hydrogen (secondary N) is 1. The molecule has 1 N–H and O–H groups in total. The molecule has 3 aromatic rings. The highest BCUT2D eigenvalue weighted by atomic mass is 127. The third-order valence-electron chi connectivity index (χ3n) is 3.19. The van der Waals surface area contributed by atoms with Crippen LogP contribution in [0.25, 0.3) is 11.3 Å². The zero-order valence-electron chi connectivity index (χ0n) is 11.7. The normalized spacial score (nSPS) is 10.6. The van der Waals surface area contributed by atoms with Crippen LogP contribution in [0.1, 0.15) is 10.4 Å². The Balaban J connectivity index is 1.53. The molecular weight excluding hydrogens is 409 g/mol. The maximum Gasteiger partial charge on any atom is 0.251 e. The minimum atomic E-state index is -0.0541. The Hall–Kier alpha value is -1.67. The second-order valence-electron chi connectivity index (χ2n) is 4.74. The van der Waals surface area contributed by atoms with Crippen LogP contribution in [0.4, 0.5) is 0 Å². The minimum Gasteiger partial charge on any atom is -0.350 e. The molecule has 0 aliphatic heterocycles. The number of carbonyl (C=O) groups excluding carboxylic acids is 1. The van der Waals surface area contributed by atoms with Crippen molar-refractivity contribution in [3.05, 3.63) is 62.5 Å². The van der Waals surface area contributed by atoms with Crippen LogP contribution in [0.3, 0.4) is 0 Å². The molecule has 2 aromatic heterocycles. The Bertz CT molecular complexity index is 750. The summed E-state index contributed by atoms with van der Waals surface area (Å²) in [6.45, 7) is 1.20. The Morgan fingerprint density at radius 3 is 2.77 bits per heavy atom. The third kappa shape index (κ3) is 3.75. The SMILES string of the molecule is O=C(NCCn1ccc(-c2ccsc2)n1)c1ccc(I)cc1. The number of nitrogens with zero attached hydrogens (tertiary/aromatic N) is 2. The number of carbonyl (C=O) groups is 1. The number of rotatable bonds is 5. The number of halogens is 1. The average Bonchev–Trinajstić information content (AvgIpc) is 3.19. The summed E-state index contributed by atoms with van der Waals surface area (Å²) in [5.41, 5.74) is 2.77. The highest BCUT2D eigenvalue weighted by molar-refractivity contribution is 14.1. The molecule has 1 amide bonds. The van der Waals surface area contributed by atoms with E-state index >= 15 is 0 Å². The fraction of sp³-hybridized carbons (Fsp3) is 0.125. The molecule has 4 nitrogen and oxygen atoms in total. The van der Waals surface area contributed by atoms with Crippen LogP contribution in [0.5, 0.6) is 0 Å². The van der Waals surface area contributed by atoms with E-state index in [2.05, 4.69) is 44.5 Å². The Kier molecular flexibility index (Phi) is 4.89. The van der Waals surface area contributed by atoms with Gasteiger partial charge in [-0.15, -0.1) is 0 Å². The maximum atomic E-state index is 12.0. The molecule has 0 bridgehead atoms. The van der Waals surface area contributed by atoms with Crippen LogP contribution in [0.2, 0.25) is 0 Å². The van der Waals surface area contributed by atoms with Gasteiger partial charge in [-0.05, 0) is 64.4 Å². The van der Waals surface area contributed by atoms with Gasteiger partial charge in [0.25, 0.3) is 5.91 Å². The van der Waals surface area contributed by atoms with E-state index in [1.807, 2.05) is 46.6 Å². The first-order valence-corrected chi connectivity index (χ1v) is 8.84. The zero-order chi connectivity index (χ0) is 15.4. The quantitative estimate of drug-likeness (QED) is 0.637. The Labute approximate surface area is 146 Å². The Morgan fingerprint density at radius 2 is 2.05 bits per heavy atom. The van der Waals surface area contributed by atoms with Gasteiger partial charge in [0.1, 0.15) is 0 Å². The lowest BCUT2D eigenvalue weighted by molar-refractivity contribution is 0.0952. The molecule has 0 unspecified atom stereocenters. The molecule has 0 fully saturated rings. The molecule has 6 heteroatoms. The van der Waals surface area contributed by atoms with Gasteiger partial charge in [-0.1, -0.05) is 0 Å². The molecule has 3 rings (SSSR count). The summed E-state index contributed by atoms with van der Waals surface area (Å²) in [6, 6.07) is 11.6. The molecular formula is C16H14IN3OS. The number of thiophene rings is 1. The van der Waals surface area contributed by atoms with Gasteiger partial charge in [-0.25, -0.2) is 0 Å². The van der Waals surface area contributed by atoms with Crippen LogP contribution in [-0.4, -0.2) is 22.2 Å². The van der Waals surface area contributed by atoms with Crippen molar-refractivity contribution in [1.29, 1.82) is 0 Å². The summed E-state index contributed by atoms with van der Waals surface area (Å²) in [5.74, 6) is -0.0541. The first kappa shape index (κ1) is 15.2. The average molecular weight is 423 g/mol. The molecule has 1 aromatic carbocycles. The number of aromatic nitrogens is 2. The van der Waals surface area contributed by atoms with E-state index in [4.69, 9.17) is 0 Å². The summed E-state index contributed by atoms with van der Waals surface area (Å²) < 4.78 is 2.97. The lowest BCUT2D eigenvalue weighted by atomic mass is 10.2. The van der Waals surface area contributed by atoms with Gasteiger partial charge in [0, 0.05) is 32.8 Å². The van der Waals surface area contributed by atoms with E-state index in [0.717, 1.165) is 14.8 Å². The van der Waals surface area contributed by atoms with Crippen LogP contribution in [-0.2, 0) is 6.54 Å². The van der Waals surface area contributed by atoms with Crippen LogP contribution in [0.15, 0.2) is 53.4 Å². The predicted molar refractivity (Wildman–Crippen MR) is 97.0 cm³/mol. The number of amides is 1. The fourth-order valence-corrected chi connectivity index (χ4v) is 3.05. The standard InChI is InChI=1S/C16H14IN3OS/c17-14-3-1-12(2-4-14)16(21)18-7-9-20-8-5-15(19-20)13-6-10-22-11-13/h1-6,8,10-11H,7,9H2,(H,18,21). The third-order valence-corrected chi connectivity index (χ3v) is 4.59. The van der Waals surface area contributed by atoms with E-state index < -0.39 is 0 Å². The fourth-order valence-electron chi connectivity index (χ4n) is 2.04. The zero-order valence-corrected chi connectivity index (χ0v) is 14.7. The molecule has 112 valence electrons. The molecule has 22 heavy (non-hydrogen) atoms.